The smallest absolute Gasteiger partial charge is 0.410 e. The normalized spacial score (nSPS) is 20.3. The van der Waals surface area contributed by atoms with Crippen LogP contribution < -0.4 is 0 Å². The topological polar surface area (TPSA) is 58.8 Å². The summed E-state index contributed by atoms with van der Waals surface area (Å²) in [4.78, 5) is 16.3. The molecule has 2 heterocycles. The minimum absolute atomic E-state index is 0.226. The molecule has 2 rings (SSSR count). The van der Waals surface area contributed by atoms with Crippen LogP contribution in [-0.2, 0) is 11.3 Å². The van der Waals surface area contributed by atoms with E-state index >= 15 is 0 Å². The molecule has 6 heteroatoms. The van der Waals surface area contributed by atoms with E-state index in [-0.39, 0.29) is 12.1 Å². The van der Waals surface area contributed by atoms with E-state index < -0.39 is 5.60 Å². The Hall–Kier alpha value is -1.56. The van der Waals surface area contributed by atoms with Gasteiger partial charge in [0.25, 0.3) is 0 Å². The van der Waals surface area contributed by atoms with Gasteiger partial charge in [-0.2, -0.15) is 0 Å². The molecule has 6 nitrogen and oxygen atoms in total. The van der Waals surface area contributed by atoms with Crippen LogP contribution in [0.4, 0.5) is 4.79 Å². The minimum atomic E-state index is -0.450. The van der Waals surface area contributed by atoms with Gasteiger partial charge in [0.1, 0.15) is 11.4 Å². The van der Waals surface area contributed by atoms with Crippen molar-refractivity contribution in [2.24, 2.45) is 0 Å². The summed E-state index contributed by atoms with van der Waals surface area (Å²) in [7, 11) is 0. The molecule has 1 amide bonds. The lowest BCUT2D eigenvalue weighted by Crippen LogP contribution is -2.54. The SMILES string of the molecule is Cc1noc(C)c1CN1CCN(C(=O)OC(C)(C)C)CC1C. The molecule has 1 atom stereocenters. The van der Waals surface area contributed by atoms with E-state index in [9.17, 15) is 4.79 Å². The maximum atomic E-state index is 12.2. The van der Waals surface area contributed by atoms with Crippen molar-refractivity contribution in [1.29, 1.82) is 0 Å². The van der Waals surface area contributed by atoms with Gasteiger partial charge in [0, 0.05) is 37.8 Å². The summed E-state index contributed by atoms with van der Waals surface area (Å²) >= 11 is 0. The zero-order chi connectivity index (χ0) is 16.5. The lowest BCUT2D eigenvalue weighted by molar-refractivity contribution is 0.00452. The van der Waals surface area contributed by atoms with Crippen LogP contribution in [-0.4, -0.2) is 52.3 Å². The van der Waals surface area contributed by atoms with Crippen LogP contribution in [0.15, 0.2) is 4.52 Å². The predicted molar refractivity (Wildman–Crippen MR) is 83.7 cm³/mol. The van der Waals surface area contributed by atoms with E-state index in [2.05, 4.69) is 17.0 Å². The Morgan fingerprint density at radius 2 is 2.05 bits per heavy atom. The third kappa shape index (κ3) is 4.00. The van der Waals surface area contributed by atoms with Crippen LogP contribution >= 0.6 is 0 Å². The van der Waals surface area contributed by atoms with Crippen molar-refractivity contribution in [3.05, 3.63) is 17.0 Å². The number of aryl methyl sites for hydroxylation is 2. The average Bonchev–Trinajstić information content (AvgIpc) is 2.70. The van der Waals surface area contributed by atoms with Gasteiger partial charge in [-0.1, -0.05) is 5.16 Å². The summed E-state index contributed by atoms with van der Waals surface area (Å²) in [5.41, 5.74) is 1.64. The van der Waals surface area contributed by atoms with Gasteiger partial charge in [0.05, 0.1) is 5.69 Å². The highest BCUT2D eigenvalue weighted by Crippen LogP contribution is 2.20. The van der Waals surface area contributed by atoms with Gasteiger partial charge in [0.15, 0.2) is 0 Å². The van der Waals surface area contributed by atoms with Crippen LogP contribution in [0.3, 0.4) is 0 Å². The minimum Gasteiger partial charge on any atom is -0.444 e. The maximum absolute atomic E-state index is 12.2. The average molecular weight is 309 g/mol. The number of carbonyl (C=O) groups is 1. The Balaban J connectivity index is 1.94. The standard InChI is InChI=1S/C16H27N3O3/c1-11-9-19(15(20)21-16(4,5)6)8-7-18(11)10-14-12(2)17-22-13(14)3/h11H,7-10H2,1-6H3. The molecule has 0 bridgehead atoms. The Kier molecular flexibility index (Phi) is 4.80. The molecule has 1 aliphatic rings. The molecule has 22 heavy (non-hydrogen) atoms. The summed E-state index contributed by atoms with van der Waals surface area (Å²) in [5.74, 6) is 0.874. The molecule has 1 saturated heterocycles. The van der Waals surface area contributed by atoms with E-state index in [4.69, 9.17) is 9.26 Å². The number of hydrogen-bond donors (Lipinski definition) is 0. The maximum Gasteiger partial charge on any atom is 0.410 e. The van der Waals surface area contributed by atoms with Crippen LogP contribution in [0, 0.1) is 13.8 Å². The van der Waals surface area contributed by atoms with Gasteiger partial charge < -0.3 is 14.2 Å². The molecule has 0 radical (unpaired) electrons. The molecule has 1 aromatic heterocycles. The summed E-state index contributed by atoms with van der Waals surface area (Å²) in [5, 5.41) is 4.00. The van der Waals surface area contributed by atoms with E-state index in [0.29, 0.717) is 13.1 Å². The molecule has 0 saturated carbocycles. The highest BCUT2D eigenvalue weighted by molar-refractivity contribution is 5.68. The fraction of sp³-hybridized carbons (Fsp3) is 0.750. The third-order valence-electron chi connectivity index (χ3n) is 3.96. The van der Waals surface area contributed by atoms with Gasteiger partial charge in [-0.15, -0.1) is 0 Å². The lowest BCUT2D eigenvalue weighted by atomic mass is 10.1. The van der Waals surface area contributed by atoms with Crippen molar-refractivity contribution in [3.8, 4) is 0 Å². The molecule has 124 valence electrons. The van der Waals surface area contributed by atoms with Crippen molar-refractivity contribution >= 4 is 6.09 Å². The van der Waals surface area contributed by atoms with E-state index in [1.807, 2.05) is 34.6 Å². The van der Waals surface area contributed by atoms with Crippen molar-refractivity contribution in [2.75, 3.05) is 19.6 Å². The van der Waals surface area contributed by atoms with E-state index in [0.717, 1.165) is 30.1 Å². The van der Waals surface area contributed by atoms with Crippen LogP contribution in [0.25, 0.3) is 0 Å². The molecular weight excluding hydrogens is 282 g/mol. The van der Waals surface area contributed by atoms with Crippen LogP contribution in [0.1, 0.15) is 44.7 Å². The number of rotatable bonds is 2. The highest BCUT2D eigenvalue weighted by Gasteiger charge is 2.30. The first kappa shape index (κ1) is 16.8. The first-order valence-corrected chi connectivity index (χ1v) is 7.81. The second-order valence-electron chi connectivity index (χ2n) is 7.05. The van der Waals surface area contributed by atoms with Gasteiger partial charge in [-0.3, -0.25) is 4.90 Å². The first-order chi connectivity index (χ1) is 10.2. The largest absolute Gasteiger partial charge is 0.444 e. The number of hydrogen-bond acceptors (Lipinski definition) is 5. The van der Waals surface area contributed by atoms with Gasteiger partial charge in [-0.25, -0.2) is 4.79 Å². The van der Waals surface area contributed by atoms with Crippen molar-refractivity contribution in [1.82, 2.24) is 15.0 Å². The predicted octanol–water partition coefficient (Wildman–Crippen LogP) is 2.73. The summed E-state index contributed by atoms with van der Waals surface area (Å²) < 4.78 is 10.7. The summed E-state index contributed by atoms with van der Waals surface area (Å²) in [6.45, 7) is 14.7. The Labute approximate surface area is 132 Å². The van der Waals surface area contributed by atoms with Crippen LogP contribution in [0.2, 0.25) is 0 Å². The molecule has 0 aliphatic carbocycles. The molecule has 1 fully saturated rings. The lowest BCUT2D eigenvalue weighted by Gasteiger charge is -2.40. The number of aromatic nitrogens is 1. The number of ether oxygens (including phenoxy) is 1. The van der Waals surface area contributed by atoms with Gasteiger partial charge >= 0.3 is 6.09 Å². The molecule has 1 aromatic rings. The molecule has 0 N–H and O–H groups in total. The molecule has 1 unspecified atom stereocenters. The van der Waals surface area contributed by atoms with E-state index in [1.54, 1.807) is 4.90 Å². The third-order valence-corrected chi connectivity index (χ3v) is 3.96. The van der Waals surface area contributed by atoms with Crippen molar-refractivity contribution < 1.29 is 14.1 Å². The van der Waals surface area contributed by atoms with Gasteiger partial charge in [-0.05, 0) is 41.5 Å². The molecule has 1 aliphatic heterocycles. The van der Waals surface area contributed by atoms with Crippen molar-refractivity contribution in [2.45, 2.75) is 59.7 Å². The fourth-order valence-electron chi connectivity index (χ4n) is 2.65. The Morgan fingerprint density at radius 3 is 2.55 bits per heavy atom. The summed E-state index contributed by atoms with van der Waals surface area (Å²) in [6.07, 6.45) is -0.226. The fourth-order valence-corrected chi connectivity index (χ4v) is 2.65. The quantitative estimate of drug-likeness (QED) is 0.840. The second kappa shape index (κ2) is 6.28. The monoisotopic (exact) mass is 309 g/mol. The number of carbonyl (C=O) groups excluding carboxylic acids is 1. The number of piperazine rings is 1. The van der Waals surface area contributed by atoms with Crippen molar-refractivity contribution in [3.63, 3.8) is 0 Å². The molecule has 0 spiro atoms. The first-order valence-electron chi connectivity index (χ1n) is 7.81. The zero-order valence-corrected chi connectivity index (χ0v) is 14.5. The van der Waals surface area contributed by atoms with Gasteiger partial charge in [0.2, 0.25) is 0 Å². The zero-order valence-electron chi connectivity index (χ0n) is 14.5. The number of amides is 1. The Bertz CT molecular complexity index is 514. The molecule has 0 aromatic carbocycles. The summed E-state index contributed by atoms with van der Waals surface area (Å²) in [6, 6.07) is 0.273. The number of nitrogens with zero attached hydrogens (tertiary/aromatic N) is 3. The van der Waals surface area contributed by atoms with E-state index in [1.165, 1.54) is 0 Å². The molecular formula is C16H27N3O3. The second-order valence-corrected chi connectivity index (χ2v) is 7.05. The van der Waals surface area contributed by atoms with Crippen LogP contribution in [0.5, 0.6) is 0 Å². The Morgan fingerprint density at radius 1 is 1.36 bits per heavy atom. The highest BCUT2D eigenvalue weighted by atomic mass is 16.6.